The molecule has 1 atom stereocenters. The molecule has 80 valence electrons. The molecule has 1 unspecified atom stereocenters. The lowest BCUT2D eigenvalue weighted by atomic mass is 10.3. The normalized spacial score (nSPS) is 13.6. The van der Waals surface area contributed by atoms with Crippen molar-refractivity contribution >= 4 is 0 Å². The average molecular weight is 188 g/mol. The monoisotopic (exact) mass is 188 g/mol. The molecule has 3 heteroatoms. The van der Waals surface area contributed by atoms with Crippen LogP contribution in [-0.4, -0.2) is 44.3 Å². The van der Waals surface area contributed by atoms with Gasteiger partial charge in [-0.05, 0) is 26.9 Å². The zero-order valence-electron chi connectivity index (χ0n) is 9.25. The third-order valence-corrected chi connectivity index (χ3v) is 2.07. The summed E-state index contributed by atoms with van der Waals surface area (Å²) in [6, 6.07) is 0. The van der Waals surface area contributed by atoms with Crippen molar-refractivity contribution in [2.24, 2.45) is 5.73 Å². The number of unbranched alkanes of at least 4 members (excludes halogenated alkanes) is 1. The highest BCUT2D eigenvalue weighted by Gasteiger charge is 2.08. The lowest BCUT2D eigenvalue weighted by Gasteiger charge is -2.22. The van der Waals surface area contributed by atoms with Gasteiger partial charge in [0.25, 0.3) is 0 Å². The molecule has 0 aromatic carbocycles. The summed E-state index contributed by atoms with van der Waals surface area (Å²) in [4.78, 5) is 2.29. The maximum Gasteiger partial charge on any atom is 0.0823 e. The topological polar surface area (TPSA) is 38.5 Å². The number of hydrogen-bond donors (Lipinski definition) is 1. The van der Waals surface area contributed by atoms with E-state index in [0.29, 0.717) is 6.54 Å². The highest BCUT2D eigenvalue weighted by Crippen LogP contribution is 1.96. The van der Waals surface area contributed by atoms with Crippen LogP contribution in [0.2, 0.25) is 0 Å². The molecule has 0 bridgehead atoms. The zero-order valence-corrected chi connectivity index (χ0v) is 9.25. The summed E-state index contributed by atoms with van der Waals surface area (Å²) in [6.45, 7) is 7.67. The van der Waals surface area contributed by atoms with Crippen LogP contribution in [0, 0.1) is 0 Å². The van der Waals surface area contributed by atoms with E-state index < -0.39 is 0 Å². The third-order valence-electron chi connectivity index (χ3n) is 2.07. The summed E-state index contributed by atoms with van der Waals surface area (Å²) in [5, 5.41) is 0. The minimum absolute atomic E-state index is 0.201. The first kappa shape index (κ1) is 12.9. The van der Waals surface area contributed by atoms with Crippen LogP contribution in [0.5, 0.6) is 0 Å². The Hall–Kier alpha value is -0.120. The molecule has 13 heavy (non-hydrogen) atoms. The summed E-state index contributed by atoms with van der Waals surface area (Å²) < 4.78 is 5.48. The molecule has 0 aromatic rings. The van der Waals surface area contributed by atoms with Gasteiger partial charge in [0.1, 0.15) is 0 Å². The highest BCUT2D eigenvalue weighted by molar-refractivity contribution is 4.63. The standard InChI is InChI=1S/C10H24N2O/c1-4-6-7-12(3)9-10(8-11)13-5-2/h10H,4-9,11H2,1-3H3. The van der Waals surface area contributed by atoms with Gasteiger partial charge >= 0.3 is 0 Å². The van der Waals surface area contributed by atoms with Crippen LogP contribution in [-0.2, 0) is 4.74 Å². The predicted molar refractivity (Wildman–Crippen MR) is 56.9 cm³/mol. The van der Waals surface area contributed by atoms with Crippen molar-refractivity contribution in [1.29, 1.82) is 0 Å². The second-order valence-electron chi connectivity index (χ2n) is 3.43. The molecule has 0 heterocycles. The van der Waals surface area contributed by atoms with E-state index in [1.54, 1.807) is 0 Å². The van der Waals surface area contributed by atoms with Crippen LogP contribution < -0.4 is 5.73 Å². The second-order valence-corrected chi connectivity index (χ2v) is 3.43. The van der Waals surface area contributed by atoms with E-state index in [9.17, 15) is 0 Å². The van der Waals surface area contributed by atoms with Crippen LogP contribution in [0.3, 0.4) is 0 Å². The maximum atomic E-state index is 5.58. The lowest BCUT2D eigenvalue weighted by molar-refractivity contribution is 0.0450. The number of rotatable bonds is 8. The summed E-state index contributed by atoms with van der Waals surface area (Å²) in [6.07, 6.45) is 2.69. The van der Waals surface area contributed by atoms with Gasteiger partial charge in [-0.3, -0.25) is 0 Å². The number of hydrogen-bond acceptors (Lipinski definition) is 3. The quantitative estimate of drug-likeness (QED) is 0.619. The van der Waals surface area contributed by atoms with Gasteiger partial charge in [0.05, 0.1) is 6.10 Å². The van der Waals surface area contributed by atoms with E-state index in [1.165, 1.54) is 12.8 Å². The first-order valence-electron chi connectivity index (χ1n) is 5.24. The first-order valence-corrected chi connectivity index (χ1v) is 5.24. The molecule has 0 saturated carbocycles. The molecule has 0 radical (unpaired) electrons. The fraction of sp³-hybridized carbons (Fsp3) is 1.00. The molecule has 0 rings (SSSR count). The molecule has 0 aromatic heterocycles. The van der Waals surface area contributed by atoms with Gasteiger partial charge in [-0.1, -0.05) is 13.3 Å². The van der Waals surface area contributed by atoms with Crippen LogP contribution in [0.15, 0.2) is 0 Å². The Bertz CT molecular complexity index is 109. The van der Waals surface area contributed by atoms with E-state index in [0.717, 1.165) is 19.7 Å². The Morgan fingerprint density at radius 3 is 2.54 bits per heavy atom. The van der Waals surface area contributed by atoms with Crippen LogP contribution >= 0.6 is 0 Å². The van der Waals surface area contributed by atoms with Gasteiger partial charge in [-0.15, -0.1) is 0 Å². The molecule has 0 aliphatic carbocycles. The fourth-order valence-corrected chi connectivity index (χ4v) is 1.30. The van der Waals surface area contributed by atoms with E-state index in [-0.39, 0.29) is 6.10 Å². The molecule has 0 aliphatic heterocycles. The number of nitrogens with two attached hydrogens (primary N) is 1. The summed E-state index contributed by atoms with van der Waals surface area (Å²) in [7, 11) is 2.12. The lowest BCUT2D eigenvalue weighted by Crippen LogP contribution is -2.36. The van der Waals surface area contributed by atoms with E-state index in [1.807, 2.05) is 6.92 Å². The Labute approximate surface area is 82.2 Å². The van der Waals surface area contributed by atoms with Gasteiger partial charge in [0.15, 0.2) is 0 Å². The highest BCUT2D eigenvalue weighted by atomic mass is 16.5. The smallest absolute Gasteiger partial charge is 0.0823 e. The molecular formula is C10H24N2O. The zero-order chi connectivity index (χ0) is 10.1. The molecule has 0 saturated heterocycles. The van der Waals surface area contributed by atoms with Crippen LogP contribution in [0.25, 0.3) is 0 Å². The van der Waals surface area contributed by atoms with Crippen LogP contribution in [0.4, 0.5) is 0 Å². The Morgan fingerprint density at radius 2 is 2.08 bits per heavy atom. The molecule has 0 fully saturated rings. The second kappa shape index (κ2) is 8.48. The molecule has 0 amide bonds. The van der Waals surface area contributed by atoms with Crippen molar-refractivity contribution in [1.82, 2.24) is 4.90 Å². The van der Waals surface area contributed by atoms with Gasteiger partial charge in [-0.25, -0.2) is 0 Å². The van der Waals surface area contributed by atoms with Gasteiger partial charge < -0.3 is 15.4 Å². The van der Waals surface area contributed by atoms with Crippen LogP contribution in [0.1, 0.15) is 26.7 Å². The van der Waals surface area contributed by atoms with Crippen molar-refractivity contribution in [3.63, 3.8) is 0 Å². The molecule has 3 nitrogen and oxygen atoms in total. The van der Waals surface area contributed by atoms with E-state index in [4.69, 9.17) is 10.5 Å². The van der Waals surface area contributed by atoms with Gasteiger partial charge in [-0.2, -0.15) is 0 Å². The van der Waals surface area contributed by atoms with Gasteiger partial charge in [0, 0.05) is 19.7 Å². The Kier molecular flexibility index (Phi) is 8.40. The van der Waals surface area contributed by atoms with E-state index >= 15 is 0 Å². The van der Waals surface area contributed by atoms with Crippen molar-refractivity contribution < 1.29 is 4.74 Å². The summed E-state index contributed by atoms with van der Waals surface area (Å²) >= 11 is 0. The minimum Gasteiger partial charge on any atom is -0.376 e. The minimum atomic E-state index is 0.201. The van der Waals surface area contributed by atoms with Crippen molar-refractivity contribution in [2.75, 3.05) is 33.3 Å². The Morgan fingerprint density at radius 1 is 1.38 bits per heavy atom. The fourth-order valence-electron chi connectivity index (χ4n) is 1.30. The predicted octanol–water partition coefficient (Wildman–Crippen LogP) is 1.08. The summed E-state index contributed by atoms with van der Waals surface area (Å²) in [5.41, 5.74) is 5.58. The summed E-state index contributed by atoms with van der Waals surface area (Å²) in [5.74, 6) is 0. The van der Waals surface area contributed by atoms with E-state index in [2.05, 4.69) is 18.9 Å². The molecule has 0 spiro atoms. The first-order chi connectivity index (χ1) is 6.24. The maximum absolute atomic E-state index is 5.58. The largest absolute Gasteiger partial charge is 0.376 e. The SMILES string of the molecule is CCCCN(C)CC(CN)OCC. The molecule has 0 aliphatic rings. The van der Waals surface area contributed by atoms with Crippen molar-refractivity contribution in [3.05, 3.63) is 0 Å². The average Bonchev–Trinajstić information content (AvgIpc) is 2.14. The van der Waals surface area contributed by atoms with Crippen molar-refractivity contribution in [3.8, 4) is 0 Å². The molecular weight excluding hydrogens is 164 g/mol. The number of likely N-dealkylation sites (N-methyl/N-ethyl adjacent to an activating group) is 1. The molecule has 2 N–H and O–H groups in total. The Balaban J connectivity index is 3.53. The van der Waals surface area contributed by atoms with Gasteiger partial charge in [0.2, 0.25) is 0 Å². The number of nitrogens with zero attached hydrogens (tertiary/aromatic N) is 1. The van der Waals surface area contributed by atoms with Crippen molar-refractivity contribution in [2.45, 2.75) is 32.8 Å². The number of ether oxygens (including phenoxy) is 1. The third kappa shape index (κ3) is 6.99.